The molecule has 0 aromatic heterocycles. The van der Waals surface area contributed by atoms with E-state index in [4.69, 9.17) is 4.74 Å². The fraction of sp³-hybridized carbons (Fsp3) is 0.0714. The Balaban J connectivity index is 2.16. The third kappa shape index (κ3) is 3.44. The first-order chi connectivity index (χ1) is 9.10. The molecule has 0 fully saturated rings. The maximum atomic E-state index is 13.5. The normalized spacial score (nSPS) is 10.1. The van der Waals surface area contributed by atoms with E-state index in [-0.39, 0.29) is 17.2 Å². The van der Waals surface area contributed by atoms with E-state index < -0.39 is 5.82 Å². The van der Waals surface area contributed by atoms with Crippen molar-refractivity contribution in [3.05, 3.63) is 57.4 Å². The van der Waals surface area contributed by atoms with E-state index in [1.54, 1.807) is 12.1 Å². The second-order valence-electron chi connectivity index (χ2n) is 3.81. The van der Waals surface area contributed by atoms with Crippen LogP contribution in [0.4, 0.5) is 10.1 Å². The van der Waals surface area contributed by atoms with Crippen molar-refractivity contribution >= 4 is 34.2 Å². The zero-order chi connectivity index (χ0) is 13.8. The smallest absolute Gasteiger partial charge is 0.255 e. The number of anilines is 1. The van der Waals surface area contributed by atoms with Crippen LogP contribution in [0.5, 0.6) is 5.75 Å². The van der Waals surface area contributed by atoms with Gasteiger partial charge in [0.1, 0.15) is 0 Å². The zero-order valence-corrected chi connectivity index (χ0v) is 12.3. The standard InChI is InChI=1S/C14H11FINO2/c1-19-13-7-2-9(8-12(13)15)14(18)17-11-5-3-10(16)4-6-11/h2-8H,1H3,(H,17,18). The Morgan fingerprint density at radius 2 is 1.89 bits per heavy atom. The molecule has 0 aliphatic heterocycles. The number of benzene rings is 2. The van der Waals surface area contributed by atoms with E-state index in [0.717, 1.165) is 9.64 Å². The Morgan fingerprint density at radius 1 is 1.21 bits per heavy atom. The Bertz CT molecular complexity index is 599. The molecule has 19 heavy (non-hydrogen) atoms. The lowest BCUT2D eigenvalue weighted by molar-refractivity contribution is 0.102. The van der Waals surface area contributed by atoms with Crippen LogP contribution < -0.4 is 10.1 Å². The Labute approximate surface area is 123 Å². The predicted octanol–water partition coefficient (Wildman–Crippen LogP) is 3.69. The van der Waals surface area contributed by atoms with Crippen LogP contribution in [0.1, 0.15) is 10.4 Å². The zero-order valence-electron chi connectivity index (χ0n) is 10.1. The lowest BCUT2D eigenvalue weighted by atomic mass is 10.2. The molecule has 2 aromatic carbocycles. The topological polar surface area (TPSA) is 38.3 Å². The van der Waals surface area contributed by atoms with Gasteiger partial charge in [-0.1, -0.05) is 0 Å². The monoisotopic (exact) mass is 371 g/mol. The minimum atomic E-state index is -0.558. The number of nitrogens with one attached hydrogen (secondary N) is 1. The third-order valence-electron chi connectivity index (χ3n) is 2.52. The first-order valence-corrected chi connectivity index (χ1v) is 6.58. The second-order valence-corrected chi connectivity index (χ2v) is 5.06. The molecule has 5 heteroatoms. The van der Waals surface area contributed by atoms with E-state index in [0.29, 0.717) is 5.69 Å². The van der Waals surface area contributed by atoms with Crippen molar-refractivity contribution in [1.82, 2.24) is 0 Å². The molecule has 0 saturated carbocycles. The number of rotatable bonds is 3. The summed E-state index contributed by atoms with van der Waals surface area (Å²) in [5.74, 6) is -0.800. The van der Waals surface area contributed by atoms with Crippen molar-refractivity contribution in [2.75, 3.05) is 12.4 Å². The maximum absolute atomic E-state index is 13.5. The van der Waals surface area contributed by atoms with Gasteiger partial charge in [-0.05, 0) is 65.1 Å². The number of amides is 1. The van der Waals surface area contributed by atoms with E-state index >= 15 is 0 Å². The van der Waals surface area contributed by atoms with Gasteiger partial charge >= 0.3 is 0 Å². The van der Waals surface area contributed by atoms with Gasteiger partial charge in [-0.25, -0.2) is 4.39 Å². The molecule has 2 aromatic rings. The molecule has 1 amide bonds. The maximum Gasteiger partial charge on any atom is 0.255 e. The van der Waals surface area contributed by atoms with Crippen LogP contribution in [0.15, 0.2) is 42.5 Å². The van der Waals surface area contributed by atoms with Gasteiger partial charge in [-0.3, -0.25) is 4.79 Å². The largest absolute Gasteiger partial charge is 0.494 e. The first-order valence-electron chi connectivity index (χ1n) is 5.50. The molecule has 0 bridgehead atoms. The SMILES string of the molecule is COc1ccc(C(=O)Nc2ccc(I)cc2)cc1F. The summed E-state index contributed by atoms with van der Waals surface area (Å²) in [6, 6.07) is 11.4. The van der Waals surface area contributed by atoms with Crippen LogP contribution in [0, 0.1) is 9.39 Å². The summed E-state index contributed by atoms with van der Waals surface area (Å²) in [5.41, 5.74) is 0.915. The lowest BCUT2D eigenvalue weighted by Gasteiger charge is -2.07. The van der Waals surface area contributed by atoms with Gasteiger partial charge in [0.15, 0.2) is 11.6 Å². The molecule has 0 atom stereocenters. The van der Waals surface area contributed by atoms with Crippen molar-refractivity contribution in [3.63, 3.8) is 0 Å². The summed E-state index contributed by atoms with van der Waals surface area (Å²) in [6.45, 7) is 0. The van der Waals surface area contributed by atoms with E-state index in [1.165, 1.54) is 19.2 Å². The van der Waals surface area contributed by atoms with Crippen molar-refractivity contribution in [2.24, 2.45) is 0 Å². The molecule has 3 nitrogen and oxygen atoms in total. The quantitative estimate of drug-likeness (QED) is 0.836. The van der Waals surface area contributed by atoms with Crippen LogP contribution in [0.25, 0.3) is 0 Å². The van der Waals surface area contributed by atoms with Crippen molar-refractivity contribution in [2.45, 2.75) is 0 Å². The summed E-state index contributed by atoms with van der Waals surface area (Å²) in [5, 5.41) is 2.70. The van der Waals surface area contributed by atoms with Crippen molar-refractivity contribution in [3.8, 4) is 5.75 Å². The number of ether oxygens (including phenoxy) is 1. The highest BCUT2D eigenvalue weighted by Gasteiger charge is 2.10. The van der Waals surface area contributed by atoms with E-state index in [2.05, 4.69) is 27.9 Å². The van der Waals surface area contributed by atoms with Crippen LogP contribution >= 0.6 is 22.6 Å². The number of hydrogen-bond acceptors (Lipinski definition) is 2. The Hall–Kier alpha value is -1.63. The number of hydrogen-bond donors (Lipinski definition) is 1. The van der Waals surface area contributed by atoms with Crippen LogP contribution in [-0.4, -0.2) is 13.0 Å². The second kappa shape index (κ2) is 6.01. The van der Waals surface area contributed by atoms with E-state index in [9.17, 15) is 9.18 Å². The molecule has 0 radical (unpaired) electrons. The third-order valence-corrected chi connectivity index (χ3v) is 3.24. The molecular weight excluding hydrogens is 360 g/mol. The van der Waals surface area contributed by atoms with Crippen LogP contribution in [0.3, 0.4) is 0 Å². The predicted molar refractivity (Wildman–Crippen MR) is 80.1 cm³/mol. The highest BCUT2D eigenvalue weighted by molar-refractivity contribution is 14.1. The Morgan fingerprint density at radius 3 is 2.47 bits per heavy atom. The molecule has 2 rings (SSSR count). The van der Waals surface area contributed by atoms with Gasteiger partial charge in [0.25, 0.3) is 5.91 Å². The molecule has 0 unspecified atom stereocenters. The van der Waals surface area contributed by atoms with Gasteiger partial charge in [-0.15, -0.1) is 0 Å². The molecular formula is C14H11FINO2. The number of carbonyl (C=O) groups is 1. The number of halogens is 2. The average Bonchev–Trinajstić information content (AvgIpc) is 2.41. The summed E-state index contributed by atoms with van der Waals surface area (Å²) in [7, 11) is 1.38. The summed E-state index contributed by atoms with van der Waals surface area (Å²) in [6.07, 6.45) is 0. The first kappa shape index (κ1) is 13.8. The van der Waals surface area contributed by atoms with Gasteiger partial charge in [0, 0.05) is 14.8 Å². The van der Waals surface area contributed by atoms with Crippen molar-refractivity contribution < 1.29 is 13.9 Å². The molecule has 0 aliphatic rings. The average molecular weight is 371 g/mol. The van der Waals surface area contributed by atoms with Gasteiger partial charge < -0.3 is 10.1 Å². The highest BCUT2D eigenvalue weighted by Crippen LogP contribution is 2.19. The number of methoxy groups -OCH3 is 1. The van der Waals surface area contributed by atoms with Gasteiger partial charge in [0.2, 0.25) is 0 Å². The minimum Gasteiger partial charge on any atom is -0.494 e. The fourth-order valence-electron chi connectivity index (χ4n) is 1.54. The van der Waals surface area contributed by atoms with Gasteiger partial charge in [0.05, 0.1) is 7.11 Å². The minimum absolute atomic E-state index is 0.116. The molecule has 0 heterocycles. The van der Waals surface area contributed by atoms with Gasteiger partial charge in [-0.2, -0.15) is 0 Å². The lowest BCUT2D eigenvalue weighted by Crippen LogP contribution is -2.12. The fourth-order valence-corrected chi connectivity index (χ4v) is 1.90. The summed E-state index contributed by atoms with van der Waals surface area (Å²) >= 11 is 2.18. The summed E-state index contributed by atoms with van der Waals surface area (Å²) < 4.78 is 19.4. The molecule has 0 aliphatic carbocycles. The molecule has 98 valence electrons. The summed E-state index contributed by atoms with van der Waals surface area (Å²) in [4.78, 5) is 11.9. The van der Waals surface area contributed by atoms with Crippen molar-refractivity contribution in [1.29, 1.82) is 0 Å². The van der Waals surface area contributed by atoms with Crippen LogP contribution in [-0.2, 0) is 0 Å². The Kier molecular flexibility index (Phi) is 4.36. The molecule has 0 saturated heterocycles. The van der Waals surface area contributed by atoms with Crippen LogP contribution in [0.2, 0.25) is 0 Å². The van der Waals surface area contributed by atoms with E-state index in [1.807, 2.05) is 12.1 Å². The molecule has 1 N–H and O–H groups in total. The highest BCUT2D eigenvalue weighted by atomic mass is 127. The number of carbonyl (C=O) groups excluding carboxylic acids is 1. The molecule has 0 spiro atoms.